The number of aliphatic carboxylic acids is 1. The number of carboxylic acids is 1. The van der Waals surface area contributed by atoms with Crippen molar-refractivity contribution in [2.75, 3.05) is 27.3 Å². The molecule has 0 radical (unpaired) electrons. The minimum Gasteiger partial charge on any atom is -0.493 e. The Bertz CT molecular complexity index is 619. The number of carbonyl (C=O) groups excluding carboxylic acids is 1. The van der Waals surface area contributed by atoms with E-state index >= 15 is 0 Å². The van der Waals surface area contributed by atoms with E-state index in [0.29, 0.717) is 37.3 Å². The van der Waals surface area contributed by atoms with Crippen molar-refractivity contribution in [2.45, 2.75) is 32.2 Å². The van der Waals surface area contributed by atoms with Crippen LogP contribution in [0.1, 0.15) is 25.3 Å². The average molecular weight is 350 g/mol. The van der Waals surface area contributed by atoms with Gasteiger partial charge in [-0.25, -0.2) is 4.79 Å². The summed E-state index contributed by atoms with van der Waals surface area (Å²) in [5.74, 6) is 0.00589. The molecule has 0 saturated carbocycles. The second kappa shape index (κ2) is 8.60. The van der Waals surface area contributed by atoms with Crippen molar-refractivity contribution in [2.24, 2.45) is 5.92 Å². The van der Waals surface area contributed by atoms with Crippen molar-refractivity contribution >= 4 is 12.0 Å². The summed E-state index contributed by atoms with van der Waals surface area (Å²) in [7, 11) is 3.17. The normalized spacial score (nSPS) is 18.4. The Morgan fingerprint density at radius 3 is 2.68 bits per heavy atom. The fourth-order valence-corrected chi connectivity index (χ4v) is 3.08. The first-order chi connectivity index (χ1) is 11.9. The lowest BCUT2D eigenvalue weighted by molar-refractivity contribution is -0.143. The zero-order valence-corrected chi connectivity index (χ0v) is 14.9. The number of hydrogen-bond donors (Lipinski definition) is 2. The van der Waals surface area contributed by atoms with Gasteiger partial charge in [0.1, 0.15) is 0 Å². The van der Waals surface area contributed by atoms with Crippen LogP contribution in [0.3, 0.4) is 0 Å². The first kappa shape index (κ1) is 18.9. The summed E-state index contributed by atoms with van der Waals surface area (Å²) in [6, 6.07) is 5.37. The maximum absolute atomic E-state index is 12.4. The Morgan fingerprint density at radius 1 is 1.32 bits per heavy atom. The summed E-state index contributed by atoms with van der Waals surface area (Å²) in [5.41, 5.74) is 1.02. The van der Waals surface area contributed by atoms with Crippen molar-refractivity contribution in [3.63, 3.8) is 0 Å². The number of piperidine rings is 1. The third kappa shape index (κ3) is 5.01. The highest BCUT2D eigenvalue weighted by atomic mass is 16.5. The maximum atomic E-state index is 12.4. The predicted octanol–water partition coefficient (Wildman–Crippen LogP) is 2.14. The van der Waals surface area contributed by atoms with Crippen LogP contribution in [-0.4, -0.2) is 55.4 Å². The van der Waals surface area contributed by atoms with Crippen molar-refractivity contribution in [3.8, 4) is 11.5 Å². The molecule has 0 aromatic heterocycles. The van der Waals surface area contributed by atoms with Gasteiger partial charge in [0.25, 0.3) is 0 Å². The lowest BCUT2D eigenvalue weighted by atomic mass is 9.98. The highest BCUT2D eigenvalue weighted by molar-refractivity contribution is 5.76. The lowest BCUT2D eigenvalue weighted by Gasteiger charge is -2.31. The van der Waals surface area contributed by atoms with Crippen LogP contribution < -0.4 is 14.8 Å². The fourth-order valence-electron chi connectivity index (χ4n) is 3.08. The zero-order chi connectivity index (χ0) is 18.4. The Labute approximate surface area is 147 Å². The van der Waals surface area contributed by atoms with Crippen LogP contribution in [-0.2, 0) is 11.2 Å². The minimum atomic E-state index is -0.837. The standard InChI is InChI=1S/C18H26N2O5/c1-12(9-13-6-7-15(24-2)16(10-13)25-3)19-18(23)20-8-4-5-14(11-20)17(21)22/h6-7,10,12,14H,4-5,8-9,11H2,1-3H3,(H,19,23)(H,21,22). The summed E-state index contributed by atoms with van der Waals surface area (Å²) < 4.78 is 10.5. The predicted molar refractivity (Wildman–Crippen MR) is 93.2 cm³/mol. The molecule has 0 spiro atoms. The van der Waals surface area contributed by atoms with Gasteiger partial charge in [0.2, 0.25) is 0 Å². The van der Waals surface area contributed by atoms with Gasteiger partial charge in [0.05, 0.1) is 20.1 Å². The third-order valence-electron chi connectivity index (χ3n) is 4.42. The Balaban J connectivity index is 1.92. The molecule has 2 amide bonds. The number of nitrogens with one attached hydrogen (secondary N) is 1. The number of nitrogens with zero attached hydrogens (tertiary/aromatic N) is 1. The number of hydrogen-bond acceptors (Lipinski definition) is 4. The van der Waals surface area contributed by atoms with Gasteiger partial charge in [-0.2, -0.15) is 0 Å². The van der Waals surface area contributed by atoms with Crippen molar-refractivity contribution < 1.29 is 24.2 Å². The highest BCUT2D eigenvalue weighted by Gasteiger charge is 2.28. The largest absolute Gasteiger partial charge is 0.493 e. The van der Waals surface area contributed by atoms with E-state index in [2.05, 4.69) is 5.32 Å². The first-order valence-corrected chi connectivity index (χ1v) is 8.43. The molecule has 2 unspecified atom stereocenters. The van der Waals surface area contributed by atoms with E-state index in [1.165, 1.54) is 0 Å². The van der Waals surface area contributed by atoms with Gasteiger partial charge < -0.3 is 24.8 Å². The SMILES string of the molecule is COc1ccc(CC(C)NC(=O)N2CCCC(C(=O)O)C2)cc1OC. The molecular formula is C18H26N2O5. The van der Waals surface area contributed by atoms with Crippen LogP contribution in [0.5, 0.6) is 11.5 Å². The number of carbonyl (C=O) groups is 2. The fraction of sp³-hybridized carbons (Fsp3) is 0.556. The molecule has 0 aliphatic carbocycles. The van der Waals surface area contributed by atoms with Gasteiger partial charge in [-0.15, -0.1) is 0 Å². The molecule has 2 N–H and O–H groups in total. The second-order valence-corrected chi connectivity index (χ2v) is 6.37. The van der Waals surface area contributed by atoms with Crippen molar-refractivity contribution in [1.29, 1.82) is 0 Å². The van der Waals surface area contributed by atoms with Gasteiger partial charge >= 0.3 is 12.0 Å². The number of rotatable bonds is 6. The van der Waals surface area contributed by atoms with Crippen molar-refractivity contribution in [3.05, 3.63) is 23.8 Å². The van der Waals surface area contributed by atoms with Crippen LogP contribution in [0.25, 0.3) is 0 Å². The number of benzene rings is 1. The van der Waals surface area contributed by atoms with Gasteiger partial charge in [0.15, 0.2) is 11.5 Å². The van der Waals surface area contributed by atoms with E-state index < -0.39 is 11.9 Å². The van der Waals surface area contributed by atoms with Crippen molar-refractivity contribution in [1.82, 2.24) is 10.2 Å². The van der Waals surface area contributed by atoms with Crippen LogP contribution in [0.2, 0.25) is 0 Å². The van der Waals surface area contributed by atoms with Gasteiger partial charge in [-0.05, 0) is 43.9 Å². The quantitative estimate of drug-likeness (QED) is 0.821. The molecule has 0 bridgehead atoms. The summed E-state index contributed by atoms with van der Waals surface area (Å²) in [6.07, 6.45) is 1.98. The van der Waals surface area contributed by atoms with Crippen LogP contribution in [0.4, 0.5) is 4.79 Å². The topological polar surface area (TPSA) is 88.1 Å². The van der Waals surface area contributed by atoms with Crippen LogP contribution >= 0.6 is 0 Å². The van der Waals surface area contributed by atoms with E-state index in [4.69, 9.17) is 14.6 Å². The maximum Gasteiger partial charge on any atom is 0.317 e. The van der Waals surface area contributed by atoms with E-state index in [9.17, 15) is 9.59 Å². The monoisotopic (exact) mass is 350 g/mol. The zero-order valence-electron chi connectivity index (χ0n) is 14.9. The summed E-state index contributed by atoms with van der Waals surface area (Å²) in [6.45, 7) is 2.79. The summed E-state index contributed by atoms with van der Waals surface area (Å²) in [5, 5.41) is 12.1. The van der Waals surface area contributed by atoms with Crippen LogP contribution in [0, 0.1) is 5.92 Å². The van der Waals surface area contributed by atoms with E-state index in [1.807, 2.05) is 25.1 Å². The Hall–Kier alpha value is -2.44. The number of urea groups is 1. The van der Waals surface area contributed by atoms with E-state index in [0.717, 1.165) is 5.56 Å². The smallest absolute Gasteiger partial charge is 0.317 e. The number of amides is 2. The molecule has 1 aromatic rings. The molecule has 1 aromatic carbocycles. The molecule has 1 saturated heterocycles. The number of ether oxygens (including phenoxy) is 2. The molecular weight excluding hydrogens is 324 g/mol. The first-order valence-electron chi connectivity index (χ1n) is 8.43. The molecule has 25 heavy (non-hydrogen) atoms. The van der Waals surface area contributed by atoms with Gasteiger partial charge in [0, 0.05) is 19.1 Å². The Kier molecular flexibility index (Phi) is 6.50. The number of likely N-dealkylation sites (tertiary alicyclic amines) is 1. The molecule has 7 heteroatoms. The summed E-state index contributed by atoms with van der Waals surface area (Å²) in [4.78, 5) is 25.1. The molecule has 1 aliphatic heterocycles. The lowest BCUT2D eigenvalue weighted by Crippen LogP contribution is -2.49. The van der Waals surface area contributed by atoms with Gasteiger partial charge in [-0.3, -0.25) is 4.79 Å². The Morgan fingerprint density at radius 2 is 2.04 bits per heavy atom. The number of carboxylic acid groups (broad SMARTS) is 1. The van der Waals surface area contributed by atoms with E-state index in [-0.39, 0.29) is 18.6 Å². The molecule has 2 atom stereocenters. The summed E-state index contributed by atoms with van der Waals surface area (Å²) >= 11 is 0. The highest BCUT2D eigenvalue weighted by Crippen LogP contribution is 2.28. The minimum absolute atomic E-state index is 0.0872. The molecule has 2 rings (SSSR count). The molecule has 1 heterocycles. The molecule has 138 valence electrons. The third-order valence-corrected chi connectivity index (χ3v) is 4.42. The van der Waals surface area contributed by atoms with Gasteiger partial charge in [-0.1, -0.05) is 6.07 Å². The number of methoxy groups -OCH3 is 2. The van der Waals surface area contributed by atoms with E-state index in [1.54, 1.807) is 19.1 Å². The molecule has 1 aliphatic rings. The molecule has 7 nitrogen and oxygen atoms in total. The molecule has 1 fully saturated rings. The second-order valence-electron chi connectivity index (χ2n) is 6.37. The van der Waals surface area contributed by atoms with Crippen LogP contribution in [0.15, 0.2) is 18.2 Å². The average Bonchev–Trinajstić information content (AvgIpc) is 2.61.